The van der Waals surface area contributed by atoms with Crippen LogP contribution in [-0.4, -0.2) is 23.9 Å². The number of benzene rings is 1. The third kappa shape index (κ3) is 5.11. The molecule has 0 atom stereocenters. The Morgan fingerprint density at radius 1 is 1.35 bits per heavy atom. The molecule has 1 amide bonds. The number of nitrogens with one attached hydrogen (secondary N) is 3. The summed E-state index contributed by atoms with van der Waals surface area (Å²) >= 11 is 0. The van der Waals surface area contributed by atoms with Crippen LogP contribution in [-0.2, 0) is 4.79 Å². The molecule has 5 N–H and O–H groups in total. The molecule has 0 bridgehead atoms. The monoisotopic (exact) mass is 281 g/mol. The number of nitrogens with two attached hydrogens (primary N) is 1. The number of carbonyl (C=O) groups excluding carboxylic acids is 1. The van der Waals surface area contributed by atoms with E-state index >= 15 is 0 Å². The lowest BCUT2D eigenvalue weighted by molar-refractivity contribution is -0.384. The molecule has 0 fully saturated rings. The highest BCUT2D eigenvalue weighted by atomic mass is 16.6. The minimum Gasteiger partial charge on any atom is -0.376 e. The van der Waals surface area contributed by atoms with E-state index in [4.69, 9.17) is 5.84 Å². The van der Waals surface area contributed by atoms with Crippen LogP contribution in [0.4, 0.5) is 17.1 Å². The summed E-state index contributed by atoms with van der Waals surface area (Å²) in [6.45, 7) is 4.61. The standard InChI is InChI=1S/C12H19N5O3/c1-8(2)6-15-12(18)7-14-9-3-10(16-13)5-11(4-9)17(19)20/h3-5,8,14,16H,6-7,13H2,1-2H3,(H,15,18). The maximum absolute atomic E-state index is 11.5. The van der Waals surface area contributed by atoms with E-state index < -0.39 is 4.92 Å². The fourth-order valence-electron chi connectivity index (χ4n) is 1.46. The van der Waals surface area contributed by atoms with Crippen molar-refractivity contribution in [3.8, 4) is 0 Å². The fourth-order valence-corrected chi connectivity index (χ4v) is 1.46. The van der Waals surface area contributed by atoms with E-state index in [1.54, 1.807) is 6.07 Å². The van der Waals surface area contributed by atoms with Crippen LogP contribution < -0.4 is 21.9 Å². The number of nitrogens with zero attached hydrogens (tertiary/aromatic N) is 1. The van der Waals surface area contributed by atoms with Gasteiger partial charge >= 0.3 is 0 Å². The van der Waals surface area contributed by atoms with Crippen LogP contribution in [0.25, 0.3) is 0 Å². The molecular weight excluding hydrogens is 262 g/mol. The van der Waals surface area contributed by atoms with Crippen LogP contribution in [0.1, 0.15) is 13.8 Å². The minimum absolute atomic E-state index is 0.0396. The number of nitro benzene ring substituents is 1. The average molecular weight is 281 g/mol. The first-order valence-electron chi connectivity index (χ1n) is 6.19. The van der Waals surface area contributed by atoms with Gasteiger partial charge in [-0.25, -0.2) is 0 Å². The number of carbonyl (C=O) groups is 1. The smallest absolute Gasteiger partial charge is 0.273 e. The summed E-state index contributed by atoms with van der Waals surface area (Å²) in [7, 11) is 0. The minimum atomic E-state index is -0.523. The average Bonchev–Trinajstić information content (AvgIpc) is 2.42. The van der Waals surface area contributed by atoms with Gasteiger partial charge in [-0.3, -0.25) is 20.8 Å². The maximum atomic E-state index is 11.5. The van der Waals surface area contributed by atoms with Gasteiger partial charge in [-0.05, 0) is 12.0 Å². The molecule has 0 radical (unpaired) electrons. The van der Waals surface area contributed by atoms with Crippen molar-refractivity contribution in [1.82, 2.24) is 5.32 Å². The molecular formula is C12H19N5O3. The van der Waals surface area contributed by atoms with Crippen molar-refractivity contribution in [2.75, 3.05) is 23.8 Å². The molecule has 0 spiro atoms. The molecule has 1 aromatic carbocycles. The third-order valence-electron chi connectivity index (χ3n) is 2.46. The SMILES string of the molecule is CC(C)CNC(=O)CNc1cc(NN)cc([N+](=O)[O-])c1. The molecule has 8 heteroatoms. The van der Waals surface area contributed by atoms with Crippen molar-refractivity contribution in [2.45, 2.75) is 13.8 Å². The molecule has 0 aromatic heterocycles. The Kier molecular flexibility index (Phi) is 5.73. The number of hydrazine groups is 1. The van der Waals surface area contributed by atoms with E-state index in [0.717, 1.165) is 0 Å². The summed E-state index contributed by atoms with van der Waals surface area (Å²) in [5, 5.41) is 16.3. The lowest BCUT2D eigenvalue weighted by atomic mass is 10.2. The van der Waals surface area contributed by atoms with E-state index in [1.807, 2.05) is 13.8 Å². The second kappa shape index (κ2) is 7.29. The van der Waals surface area contributed by atoms with Crippen molar-refractivity contribution in [3.63, 3.8) is 0 Å². The number of amides is 1. The third-order valence-corrected chi connectivity index (χ3v) is 2.46. The van der Waals surface area contributed by atoms with Crippen LogP contribution in [0.15, 0.2) is 18.2 Å². The Labute approximate surface area is 116 Å². The summed E-state index contributed by atoms with van der Waals surface area (Å²) in [5.74, 6) is 5.44. The summed E-state index contributed by atoms with van der Waals surface area (Å²) in [5.41, 5.74) is 3.08. The van der Waals surface area contributed by atoms with Gasteiger partial charge in [0.05, 0.1) is 17.2 Å². The van der Waals surface area contributed by atoms with Crippen LogP contribution in [0.2, 0.25) is 0 Å². The lowest BCUT2D eigenvalue weighted by Crippen LogP contribution is -2.32. The second-order valence-corrected chi connectivity index (χ2v) is 4.72. The van der Waals surface area contributed by atoms with Crippen molar-refractivity contribution >= 4 is 23.0 Å². The summed E-state index contributed by atoms with van der Waals surface area (Å²) in [4.78, 5) is 21.8. The predicted octanol–water partition coefficient (Wildman–Crippen LogP) is 1.06. The molecule has 20 heavy (non-hydrogen) atoms. The molecule has 0 unspecified atom stereocenters. The second-order valence-electron chi connectivity index (χ2n) is 4.72. The number of rotatable bonds is 7. The predicted molar refractivity (Wildman–Crippen MR) is 77.2 cm³/mol. The number of nitrogen functional groups attached to an aromatic ring is 1. The number of nitro groups is 1. The maximum Gasteiger partial charge on any atom is 0.273 e. The molecule has 0 saturated heterocycles. The van der Waals surface area contributed by atoms with Crippen molar-refractivity contribution in [1.29, 1.82) is 0 Å². The molecule has 8 nitrogen and oxygen atoms in total. The van der Waals surface area contributed by atoms with Gasteiger partial charge in [0.2, 0.25) is 5.91 Å². The Morgan fingerprint density at radius 3 is 2.55 bits per heavy atom. The topological polar surface area (TPSA) is 122 Å². The van der Waals surface area contributed by atoms with Crippen LogP contribution in [0.3, 0.4) is 0 Å². The molecule has 0 saturated carbocycles. The molecule has 1 rings (SSSR count). The number of anilines is 2. The van der Waals surface area contributed by atoms with E-state index in [1.165, 1.54) is 12.1 Å². The van der Waals surface area contributed by atoms with Crippen molar-refractivity contribution in [3.05, 3.63) is 28.3 Å². The zero-order valence-electron chi connectivity index (χ0n) is 11.5. The highest BCUT2D eigenvalue weighted by Gasteiger charge is 2.10. The molecule has 0 aliphatic carbocycles. The van der Waals surface area contributed by atoms with Crippen LogP contribution in [0, 0.1) is 16.0 Å². The first kappa shape index (κ1) is 15.7. The van der Waals surface area contributed by atoms with Gasteiger partial charge in [-0.15, -0.1) is 0 Å². The van der Waals surface area contributed by atoms with Gasteiger partial charge in [0.15, 0.2) is 0 Å². The van der Waals surface area contributed by atoms with Gasteiger partial charge in [0.25, 0.3) is 5.69 Å². The molecule has 0 aliphatic rings. The van der Waals surface area contributed by atoms with Crippen molar-refractivity contribution in [2.24, 2.45) is 11.8 Å². The zero-order valence-corrected chi connectivity index (χ0v) is 11.5. The van der Waals surface area contributed by atoms with Crippen molar-refractivity contribution < 1.29 is 9.72 Å². The van der Waals surface area contributed by atoms with E-state index in [-0.39, 0.29) is 18.1 Å². The summed E-state index contributed by atoms with van der Waals surface area (Å²) < 4.78 is 0. The Hall–Kier alpha value is -2.35. The molecule has 0 aliphatic heterocycles. The first-order valence-corrected chi connectivity index (χ1v) is 6.19. The molecule has 110 valence electrons. The Morgan fingerprint density at radius 2 is 2.00 bits per heavy atom. The zero-order chi connectivity index (χ0) is 15.1. The fraction of sp³-hybridized carbons (Fsp3) is 0.417. The van der Waals surface area contributed by atoms with E-state index in [0.29, 0.717) is 23.8 Å². The molecule has 1 aromatic rings. The van der Waals surface area contributed by atoms with Gasteiger partial charge in [0, 0.05) is 24.4 Å². The van der Waals surface area contributed by atoms with Crippen LogP contribution in [0.5, 0.6) is 0 Å². The summed E-state index contributed by atoms with van der Waals surface area (Å²) in [6.07, 6.45) is 0. The van der Waals surface area contributed by atoms with Gasteiger partial charge in [0.1, 0.15) is 0 Å². The van der Waals surface area contributed by atoms with E-state index in [2.05, 4.69) is 16.1 Å². The van der Waals surface area contributed by atoms with Crippen LogP contribution >= 0.6 is 0 Å². The lowest BCUT2D eigenvalue weighted by Gasteiger charge is -2.10. The highest BCUT2D eigenvalue weighted by molar-refractivity contribution is 5.81. The van der Waals surface area contributed by atoms with Gasteiger partial charge in [-0.2, -0.15) is 0 Å². The quantitative estimate of drug-likeness (QED) is 0.337. The Bertz CT molecular complexity index is 490. The summed E-state index contributed by atoms with van der Waals surface area (Å²) in [6, 6.07) is 4.24. The number of hydrogen-bond acceptors (Lipinski definition) is 6. The van der Waals surface area contributed by atoms with Gasteiger partial charge < -0.3 is 16.1 Å². The highest BCUT2D eigenvalue weighted by Crippen LogP contribution is 2.23. The Balaban J connectivity index is 2.65. The van der Waals surface area contributed by atoms with Gasteiger partial charge in [-0.1, -0.05) is 13.8 Å². The molecule has 0 heterocycles. The normalized spacial score (nSPS) is 10.2. The van der Waals surface area contributed by atoms with E-state index in [9.17, 15) is 14.9 Å². The number of non-ortho nitro benzene ring substituents is 1. The number of hydrogen-bond donors (Lipinski definition) is 4. The first-order chi connectivity index (χ1) is 9.42. The largest absolute Gasteiger partial charge is 0.376 e.